The maximum absolute atomic E-state index is 11.2. The van der Waals surface area contributed by atoms with Crippen LogP contribution in [-0.4, -0.2) is 17.6 Å². The fourth-order valence-corrected chi connectivity index (χ4v) is 1.10. The molecule has 1 aromatic heterocycles. The molecule has 1 rings (SSSR count). The minimum atomic E-state index is -0.328. The van der Waals surface area contributed by atoms with Gasteiger partial charge < -0.3 is 4.74 Å². The maximum atomic E-state index is 11.2. The van der Waals surface area contributed by atoms with Gasteiger partial charge in [-0.25, -0.2) is 9.78 Å². The number of rotatable bonds is 2. The molecule has 0 amide bonds. The molecule has 4 heteroatoms. The predicted molar refractivity (Wildman–Crippen MR) is 52.6 cm³/mol. The first kappa shape index (κ1) is 10.2. The van der Waals surface area contributed by atoms with E-state index in [1.807, 2.05) is 6.92 Å². The Balaban J connectivity index is 2.90. The summed E-state index contributed by atoms with van der Waals surface area (Å²) in [6.45, 7) is 4.03. The molecule has 1 heterocycles. The number of esters is 1. The summed E-state index contributed by atoms with van der Waals surface area (Å²) in [4.78, 5) is 15.2. The lowest BCUT2D eigenvalue weighted by atomic mass is 10.2. The van der Waals surface area contributed by atoms with E-state index in [9.17, 15) is 4.79 Å². The van der Waals surface area contributed by atoms with Gasteiger partial charge >= 0.3 is 5.97 Å². The number of carbonyl (C=O) groups excluding carboxylic acids is 1. The zero-order valence-corrected chi connectivity index (χ0v) is 9.09. The van der Waals surface area contributed by atoms with Gasteiger partial charge in [-0.3, -0.25) is 0 Å². The van der Waals surface area contributed by atoms with Crippen LogP contribution in [0.2, 0.25) is 0 Å². The number of hydrogen-bond acceptors (Lipinski definition) is 3. The van der Waals surface area contributed by atoms with E-state index in [0.717, 1.165) is 10.2 Å². The highest BCUT2D eigenvalue weighted by Gasteiger charge is 2.07. The normalized spacial score (nSPS) is 9.77. The summed E-state index contributed by atoms with van der Waals surface area (Å²) in [5.74, 6) is -0.328. The summed E-state index contributed by atoms with van der Waals surface area (Å²) in [5.41, 5.74) is 1.41. The molecule has 0 bridgehead atoms. The molecule has 13 heavy (non-hydrogen) atoms. The third-order valence-electron chi connectivity index (χ3n) is 1.53. The van der Waals surface area contributed by atoms with Crippen molar-refractivity contribution in [2.45, 2.75) is 13.8 Å². The smallest absolute Gasteiger partial charge is 0.339 e. The Hall–Kier alpha value is -0.900. The van der Waals surface area contributed by atoms with Crippen molar-refractivity contribution in [1.82, 2.24) is 4.98 Å². The van der Waals surface area contributed by atoms with Gasteiger partial charge in [0.25, 0.3) is 0 Å². The quantitative estimate of drug-likeness (QED) is 0.592. The van der Waals surface area contributed by atoms with E-state index in [1.54, 1.807) is 13.0 Å². The molecule has 70 valence electrons. The predicted octanol–water partition coefficient (Wildman–Crippen LogP) is 2.33. The van der Waals surface area contributed by atoms with Crippen LogP contribution in [0.15, 0.2) is 16.9 Å². The molecule has 0 N–H and O–H groups in total. The molecule has 0 saturated carbocycles. The third-order valence-corrected chi connectivity index (χ3v) is 2.36. The first-order chi connectivity index (χ1) is 6.15. The number of aromatic nitrogens is 1. The fraction of sp³-hybridized carbons (Fsp3) is 0.333. The molecule has 0 aromatic carbocycles. The first-order valence-electron chi connectivity index (χ1n) is 3.94. The van der Waals surface area contributed by atoms with Crippen molar-refractivity contribution >= 4 is 21.9 Å². The Morgan fingerprint density at radius 1 is 1.69 bits per heavy atom. The highest BCUT2D eigenvalue weighted by Crippen LogP contribution is 2.13. The van der Waals surface area contributed by atoms with Gasteiger partial charge in [-0.15, -0.1) is 0 Å². The van der Waals surface area contributed by atoms with E-state index in [4.69, 9.17) is 4.74 Å². The summed E-state index contributed by atoms with van der Waals surface area (Å²) in [6, 6.07) is 1.75. The lowest BCUT2D eigenvalue weighted by Gasteiger charge is -2.02. The molecular formula is C9H10BrNO2. The van der Waals surface area contributed by atoms with Gasteiger partial charge in [-0.05, 0) is 41.4 Å². The Kier molecular flexibility index (Phi) is 3.42. The topological polar surface area (TPSA) is 39.2 Å². The van der Waals surface area contributed by atoms with Gasteiger partial charge in [-0.2, -0.15) is 0 Å². The number of aryl methyl sites for hydroxylation is 1. The molecule has 0 fully saturated rings. The van der Waals surface area contributed by atoms with Crippen molar-refractivity contribution in [3.63, 3.8) is 0 Å². The lowest BCUT2D eigenvalue weighted by molar-refractivity contribution is 0.0525. The Labute approximate surface area is 85.3 Å². The number of ether oxygens (including phenoxy) is 1. The van der Waals surface area contributed by atoms with E-state index in [2.05, 4.69) is 20.9 Å². The second-order valence-corrected chi connectivity index (χ2v) is 3.30. The zero-order chi connectivity index (χ0) is 9.84. The van der Waals surface area contributed by atoms with Crippen molar-refractivity contribution < 1.29 is 9.53 Å². The van der Waals surface area contributed by atoms with E-state index >= 15 is 0 Å². The van der Waals surface area contributed by atoms with Gasteiger partial charge in [0.05, 0.1) is 12.2 Å². The van der Waals surface area contributed by atoms with Crippen molar-refractivity contribution in [3.05, 3.63) is 28.0 Å². The summed E-state index contributed by atoms with van der Waals surface area (Å²) in [7, 11) is 0. The molecule has 3 nitrogen and oxygen atoms in total. The monoisotopic (exact) mass is 243 g/mol. The van der Waals surface area contributed by atoms with Crippen LogP contribution in [0.1, 0.15) is 22.8 Å². The van der Waals surface area contributed by atoms with Gasteiger partial charge in [-0.1, -0.05) is 0 Å². The second kappa shape index (κ2) is 4.37. The maximum Gasteiger partial charge on any atom is 0.339 e. The largest absolute Gasteiger partial charge is 0.462 e. The van der Waals surface area contributed by atoms with Gasteiger partial charge in [0.2, 0.25) is 0 Å². The summed E-state index contributed by atoms with van der Waals surface area (Å²) >= 11 is 3.25. The van der Waals surface area contributed by atoms with Crippen LogP contribution >= 0.6 is 15.9 Å². The van der Waals surface area contributed by atoms with Crippen LogP contribution in [0.4, 0.5) is 0 Å². The summed E-state index contributed by atoms with van der Waals surface area (Å²) in [6.07, 6.45) is 1.50. The second-order valence-electron chi connectivity index (χ2n) is 2.55. The molecule has 0 unspecified atom stereocenters. The number of carbonyl (C=O) groups is 1. The Bertz CT molecular complexity index is 325. The number of halogens is 1. The Morgan fingerprint density at radius 3 is 2.92 bits per heavy atom. The van der Waals surface area contributed by atoms with Crippen LogP contribution in [0, 0.1) is 6.92 Å². The SMILES string of the molecule is CCOC(=O)c1cnc(Br)c(C)c1. The molecule has 0 atom stereocenters. The molecule has 0 spiro atoms. The molecule has 0 aliphatic rings. The van der Waals surface area contributed by atoms with Crippen molar-refractivity contribution in [3.8, 4) is 0 Å². The van der Waals surface area contributed by atoms with Crippen molar-refractivity contribution in [1.29, 1.82) is 0 Å². The zero-order valence-electron chi connectivity index (χ0n) is 7.50. The molecule has 0 saturated heterocycles. The highest BCUT2D eigenvalue weighted by atomic mass is 79.9. The molecule has 0 radical (unpaired) electrons. The van der Waals surface area contributed by atoms with E-state index in [0.29, 0.717) is 12.2 Å². The first-order valence-corrected chi connectivity index (χ1v) is 4.73. The van der Waals surface area contributed by atoms with E-state index in [-0.39, 0.29) is 5.97 Å². The van der Waals surface area contributed by atoms with Crippen LogP contribution in [0.25, 0.3) is 0 Å². The average Bonchev–Trinajstić information content (AvgIpc) is 2.10. The van der Waals surface area contributed by atoms with Gasteiger partial charge in [0.15, 0.2) is 0 Å². The fourth-order valence-electron chi connectivity index (χ4n) is 0.884. The standard InChI is InChI=1S/C9H10BrNO2/c1-3-13-9(12)7-4-6(2)8(10)11-5-7/h4-5H,3H2,1-2H3. The molecule has 1 aromatic rings. The minimum Gasteiger partial charge on any atom is -0.462 e. The third kappa shape index (κ3) is 2.52. The van der Waals surface area contributed by atoms with Gasteiger partial charge in [0, 0.05) is 6.20 Å². The minimum absolute atomic E-state index is 0.328. The average molecular weight is 244 g/mol. The molecular weight excluding hydrogens is 234 g/mol. The summed E-state index contributed by atoms with van der Waals surface area (Å²) in [5, 5.41) is 0. The molecule has 0 aliphatic heterocycles. The van der Waals surface area contributed by atoms with Crippen molar-refractivity contribution in [2.75, 3.05) is 6.61 Å². The molecule has 0 aliphatic carbocycles. The lowest BCUT2D eigenvalue weighted by Crippen LogP contribution is -2.05. The number of nitrogens with zero attached hydrogens (tertiary/aromatic N) is 1. The summed E-state index contributed by atoms with van der Waals surface area (Å²) < 4.78 is 5.58. The number of hydrogen-bond donors (Lipinski definition) is 0. The van der Waals surface area contributed by atoms with Crippen LogP contribution in [0.3, 0.4) is 0 Å². The van der Waals surface area contributed by atoms with E-state index < -0.39 is 0 Å². The Morgan fingerprint density at radius 2 is 2.38 bits per heavy atom. The van der Waals surface area contributed by atoms with E-state index in [1.165, 1.54) is 6.20 Å². The van der Waals surface area contributed by atoms with Crippen molar-refractivity contribution in [2.24, 2.45) is 0 Å². The van der Waals surface area contributed by atoms with Crippen LogP contribution < -0.4 is 0 Å². The number of pyridine rings is 1. The van der Waals surface area contributed by atoms with Crippen LogP contribution in [0.5, 0.6) is 0 Å². The van der Waals surface area contributed by atoms with Gasteiger partial charge in [0.1, 0.15) is 4.60 Å². The van der Waals surface area contributed by atoms with Crippen LogP contribution in [-0.2, 0) is 4.74 Å². The highest BCUT2D eigenvalue weighted by molar-refractivity contribution is 9.10.